The van der Waals surface area contributed by atoms with Gasteiger partial charge in [-0.15, -0.1) is 0 Å². The second-order valence-corrected chi connectivity index (χ2v) is 6.67. The summed E-state index contributed by atoms with van der Waals surface area (Å²) in [5, 5.41) is 4.97. The molecule has 0 bridgehead atoms. The van der Waals surface area contributed by atoms with Crippen molar-refractivity contribution in [2.24, 2.45) is 0 Å². The van der Waals surface area contributed by atoms with E-state index in [1.165, 1.54) is 5.56 Å². The van der Waals surface area contributed by atoms with Crippen LogP contribution in [0.4, 0.5) is 0 Å². The molecule has 2 aromatic heterocycles. The molecule has 1 unspecified atom stereocenters. The van der Waals surface area contributed by atoms with E-state index >= 15 is 0 Å². The van der Waals surface area contributed by atoms with Crippen LogP contribution < -0.4 is 4.74 Å². The molecule has 25 heavy (non-hydrogen) atoms. The molecule has 6 heteroatoms. The smallest absolute Gasteiger partial charge is 0.274 e. The molecule has 1 amide bonds. The monoisotopic (exact) mass is 355 g/mol. The van der Waals surface area contributed by atoms with Crippen molar-refractivity contribution in [3.05, 3.63) is 64.4 Å². The lowest BCUT2D eigenvalue weighted by Crippen LogP contribution is -2.39. The Balaban J connectivity index is 1.65. The molecule has 1 atom stereocenters. The van der Waals surface area contributed by atoms with Crippen LogP contribution in [0.3, 0.4) is 0 Å². The number of benzene rings is 1. The number of pyridine rings is 1. The normalized spacial score (nSPS) is 16.8. The minimum Gasteiger partial charge on any atom is -0.497 e. The molecule has 5 nitrogen and oxygen atoms in total. The topological polar surface area (TPSA) is 46.8 Å². The van der Waals surface area contributed by atoms with E-state index in [2.05, 4.69) is 18.1 Å². The van der Waals surface area contributed by atoms with Crippen molar-refractivity contribution in [1.29, 1.82) is 0 Å². The largest absolute Gasteiger partial charge is 0.497 e. The highest BCUT2D eigenvalue weighted by Crippen LogP contribution is 2.32. The zero-order chi connectivity index (χ0) is 17.6. The van der Waals surface area contributed by atoms with Crippen LogP contribution in [0.25, 0.3) is 5.52 Å². The van der Waals surface area contributed by atoms with Gasteiger partial charge in [-0.05, 0) is 54.8 Å². The van der Waals surface area contributed by atoms with Crippen LogP contribution in [0.1, 0.15) is 34.6 Å². The summed E-state index contributed by atoms with van der Waals surface area (Å²) in [6, 6.07) is 11.5. The Kier molecular flexibility index (Phi) is 3.88. The lowest BCUT2D eigenvalue weighted by atomic mass is 9.93. The summed E-state index contributed by atoms with van der Waals surface area (Å²) >= 11 is 5.99. The Labute approximate surface area is 150 Å². The maximum Gasteiger partial charge on any atom is 0.274 e. The fourth-order valence-electron chi connectivity index (χ4n) is 3.43. The number of carbonyl (C=O) groups excluding carboxylic acids is 1. The number of ether oxygens (including phenoxy) is 1. The predicted molar refractivity (Wildman–Crippen MR) is 96.4 cm³/mol. The van der Waals surface area contributed by atoms with Gasteiger partial charge in [0.2, 0.25) is 0 Å². The minimum absolute atomic E-state index is 0.00411. The number of aromatic nitrogens is 2. The van der Waals surface area contributed by atoms with Crippen molar-refractivity contribution in [2.45, 2.75) is 19.4 Å². The van der Waals surface area contributed by atoms with Gasteiger partial charge in [-0.3, -0.25) is 4.79 Å². The summed E-state index contributed by atoms with van der Waals surface area (Å²) in [5.41, 5.74) is 3.68. The maximum atomic E-state index is 13.0. The first kappa shape index (κ1) is 16.0. The van der Waals surface area contributed by atoms with Crippen molar-refractivity contribution in [3.8, 4) is 5.75 Å². The summed E-state index contributed by atoms with van der Waals surface area (Å²) in [6.45, 7) is 2.71. The van der Waals surface area contributed by atoms with Gasteiger partial charge in [0, 0.05) is 12.7 Å². The summed E-state index contributed by atoms with van der Waals surface area (Å²) in [4.78, 5) is 14.9. The van der Waals surface area contributed by atoms with E-state index in [0.29, 0.717) is 17.3 Å². The van der Waals surface area contributed by atoms with Crippen LogP contribution >= 0.6 is 11.6 Å². The van der Waals surface area contributed by atoms with Gasteiger partial charge >= 0.3 is 0 Å². The van der Waals surface area contributed by atoms with Gasteiger partial charge < -0.3 is 9.64 Å². The van der Waals surface area contributed by atoms with Crippen LogP contribution in [-0.2, 0) is 6.42 Å². The fourth-order valence-corrected chi connectivity index (χ4v) is 3.58. The average molecular weight is 356 g/mol. The first-order chi connectivity index (χ1) is 12.1. The third-order valence-corrected chi connectivity index (χ3v) is 5.02. The number of rotatable bonds is 2. The van der Waals surface area contributed by atoms with Gasteiger partial charge in [-0.2, -0.15) is 5.10 Å². The summed E-state index contributed by atoms with van der Waals surface area (Å²) in [5.74, 6) is 0.789. The molecule has 0 saturated heterocycles. The van der Waals surface area contributed by atoms with Crippen molar-refractivity contribution in [1.82, 2.24) is 14.5 Å². The zero-order valence-corrected chi connectivity index (χ0v) is 14.8. The van der Waals surface area contributed by atoms with Crippen molar-refractivity contribution >= 4 is 23.0 Å². The molecule has 1 aliphatic heterocycles. The van der Waals surface area contributed by atoms with E-state index in [1.54, 1.807) is 30.0 Å². The SMILES string of the molecule is COc1ccc2c(c1)CCN(C(=O)c1cc3ccc(Cl)cn3n1)C2C. The highest BCUT2D eigenvalue weighted by Gasteiger charge is 2.29. The minimum atomic E-state index is -0.0613. The van der Waals surface area contributed by atoms with Crippen LogP contribution in [0.2, 0.25) is 5.02 Å². The number of halogens is 1. The van der Waals surface area contributed by atoms with Crippen molar-refractivity contribution in [2.75, 3.05) is 13.7 Å². The number of amides is 1. The van der Waals surface area contributed by atoms with E-state index < -0.39 is 0 Å². The molecule has 128 valence electrons. The molecule has 0 spiro atoms. The third kappa shape index (κ3) is 2.74. The summed E-state index contributed by atoms with van der Waals surface area (Å²) < 4.78 is 6.94. The van der Waals surface area contributed by atoms with Crippen LogP contribution in [0.5, 0.6) is 5.75 Å². The molecule has 0 fully saturated rings. The Morgan fingerprint density at radius 2 is 2.12 bits per heavy atom. The van der Waals surface area contributed by atoms with Gasteiger partial charge in [-0.1, -0.05) is 17.7 Å². The van der Waals surface area contributed by atoms with Gasteiger partial charge in [0.1, 0.15) is 5.75 Å². The van der Waals surface area contributed by atoms with Gasteiger partial charge in [0.05, 0.1) is 23.7 Å². The van der Waals surface area contributed by atoms with Crippen molar-refractivity contribution in [3.63, 3.8) is 0 Å². The summed E-state index contributed by atoms with van der Waals surface area (Å²) in [6.07, 6.45) is 2.51. The first-order valence-electron chi connectivity index (χ1n) is 8.19. The Hall–Kier alpha value is -2.53. The van der Waals surface area contributed by atoms with Gasteiger partial charge in [-0.25, -0.2) is 4.52 Å². The van der Waals surface area contributed by atoms with E-state index in [9.17, 15) is 4.79 Å². The number of methoxy groups -OCH3 is 1. The number of hydrogen-bond donors (Lipinski definition) is 0. The number of nitrogens with zero attached hydrogens (tertiary/aromatic N) is 3. The molecule has 0 N–H and O–H groups in total. The molecule has 3 heterocycles. The van der Waals surface area contributed by atoms with E-state index in [4.69, 9.17) is 16.3 Å². The second-order valence-electron chi connectivity index (χ2n) is 6.24. The zero-order valence-electron chi connectivity index (χ0n) is 14.1. The lowest BCUT2D eigenvalue weighted by molar-refractivity contribution is 0.0671. The van der Waals surface area contributed by atoms with Gasteiger partial charge in [0.15, 0.2) is 5.69 Å². The predicted octanol–water partition coefficient (Wildman–Crippen LogP) is 3.76. The Morgan fingerprint density at radius 1 is 1.28 bits per heavy atom. The third-order valence-electron chi connectivity index (χ3n) is 4.79. The molecule has 0 saturated carbocycles. The standard InChI is InChI=1S/C19H18ClN3O2/c1-12-17-6-5-16(25-2)9-13(17)7-8-22(12)19(24)18-10-15-4-3-14(20)11-23(15)21-18/h3-6,9-12H,7-8H2,1-2H3. The lowest BCUT2D eigenvalue weighted by Gasteiger charge is -2.35. The molecule has 1 aromatic carbocycles. The van der Waals surface area contributed by atoms with E-state index in [0.717, 1.165) is 23.3 Å². The molecular formula is C19H18ClN3O2. The van der Waals surface area contributed by atoms with E-state index in [-0.39, 0.29) is 11.9 Å². The number of carbonyl (C=O) groups is 1. The highest BCUT2D eigenvalue weighted by atomic mass is 35.5. The Morgan fingerprint density at radius 3 is 2.92 bits per heavy atom. The highest BCUT2D eigenvalue weighted by molar-refractivity contribution is 6.30. The van der Waals surface area contributed by atoms with Crippen molar-refractivity contribution < 1.29 is 9.53 Å². The molecule has 1 aliphatic rings. The van der Waals surface area contributed by atoms with Gasteiger partial charge in [0.25, 0.3) is 5.91 Å². The van der Waals surface area contributed by atoms with Crippen LogP contribution in [-0.4, -0.2) is 34.1 Å². The van der Waals surface area contributed by atoms with Crippen LogP contribution in [0, 0.1) is 0 Å². The Bertz CT molecular complexity index is 966. The molecule has 4 rings (SSSR count). The fraction of sp³-hybridized carbons (Fsp3) is 0.263. The number of fused-ring (bicyclic) bond motifs is 2. The van der Waals surface area contributed by atoms with E-state index in [1.807, 2.05) is 23.1 Å². The molecule has 0 radical (unpaired) electrons. The quantitative estimate of drug-likeness (QED) is 0.703. The maximum absolute atomic E-state index is 13.0. The molecule has 0 aliphatic carbocycles. The average Bonchev–Trinajstić information content (AvgIpc) is 3.04. The number of hydrogen-bond acceptors (Lipinski definition) is 3. The molecular weight excluding hydrogens is 338 g/mol. The second kappa shape index (κ2) is 6.08. The molecule has 3 aromatic rings. The van der Waals surface area contributed by atoms with Crippen LogP contribution in [0.15, 0.2) is 42.6 Å². The first-order valence-corrected chi connectivity index (χ1v) is 8.57. The summed E-state index contributed by atoms with van der Waals surface area (Å²) in [7, 11) is 1.67.